The first-order valence-corrected chi connectivity index (χ1v) is 19.8. The Hall–Kier alpha value is -1.87. The third-order valence-electron chi connectivity index (χ3n) is 13.7. The predicted octanol–water partition coefficient (Wildman–Crippen LogP) is 5.68. The maximum absolute atomic E-state index is 12.6. The van der Waals surface area contributed by atoms with Gasteiger partial charge in [0.05, 0.1) is 60.9 Å². The molecule has 0 saturated carbocycles. The third kappa shape index (κ3) is 7.66. The van der Waals surface area contributed by atoms with Crippen molar-refractivity contribution in [2.24, 2.45) is 35.5 Å². The van der Waals surface area contributed by atoms with Crippen LogP contribution in [0, 0.1) is 35.5 Å². The van der Waals surface area contributed by atoms with Crippen LogP contribution < -0.4 is 0 Å². The molecule has 5 aliphatic heterocycles. The second-order valence-electron chi connectivity index (χ2n) is 17.2. The highest BCUT2D eigenvalue weighted by atomic mass is 16.7. The molecular weight excluding hydrogens is 688 g/mol. The summed E-state index contributed by atoms with van der Waals surface area (Å²) >= 11 is 0. The minimum Gasteiger partial charge on any atom is -0.477 e. The number of carbonyl (C=O) groups is 3. The van der Waals surface area contributed by atoms with Crippen LogP contribution in [0.15, 0.2) is 0 Å². The molecule has 0 aromatic rings. The van der Waals surface area contributed by atoms with E-state index in [-0.39, 0.29) is 59.8 Å². The summed E-state index contributed by atoms with van der Waals surface area (Å²) in [5.41, 5.74) is -1.25. The topological polar surface area (TPSA) is 155 Å². The van der Waals surface area contributed by atoms with Gasteiger partial charge in [-0.3, -0.25) is 9.59 Å². The van der Waals surface area contributed by atoms with Crippen molar-refractivity contribution in [2.45, 2.75) is 179 Å². The monoisotopic (exact) mass is 754 g/mol. The van der Waals surface area contributed by atoms with Crippen molar-refractivity contribution in [1.82, 2.24) is 0 Å². The summed E-state index contributed by atoms with van der Waals surface area (Å²) in [6.07, 6.45) is 2.69. The minimum atomic E-state index is -1.71. The molecule has 304 valence electrons. The fourth-order valence-electron chi connectivity index (χ4n) is 10.8. The standard InChI is InChI=1S/C40H66O13/c1-13-38(34-22(3)19-28(49-34)31-21(2)18-23(4)40(47-12,52-31)36(43)44)15-14-30(50-38)37(9)16-17-39(53-37)20-29(48-27(8)41)24(5)33(51-39)25(6)32(45-10)26(7)35(42)46-11/h21-26,28-34H,13-20H2,1-12H3,(H,43,44)/t21-,22-,23+,24+,25-,26-,28+,29-,30+,31-,32+,33-,34+,37-,38-,39+,40+/m0/s1. The number of hydrogen-bond donors (Lipinski definition) is 1. The lowest BCUT2D eigenvalue weighted by molar-refractivity contribution is -0.336. The van der Waals surface area contributed by atoms with Gasteiger partial charge in [-0.2, -0.15) is 0 Å². The molecule has 5 saturated heterocycles. The molecule has 5 heterocycles. The van der Waals surface area contributed by atoms with Gasteiger partial charge in [-0.25, -0.2) is 4.79 Å². The zero-order chi connectivity index (χ0) is 39.3. The van der Waals surface area contributed by atoms with Gasteiger partial charge in [-0.15, -0.1) is 0 Å². The van der Waals surface area contributed by atoms with Gasteiger partial charge in [0.2, 0.25) is 0 Å². The molecule has 13 nitrogen and oxygen atoms in total. The smallest absolute Gasteiger partial charge is 0.364 e. The highest BCUT2D eigenvalue weighted by molar-refractivity contribution is 5.76. The molecule has 0 bridgehead atoms. The van der Waals surface area contributed by atoms with E-state index in [9.17, 15) is 19.5 Å². The molecule has 0 radical (unpaired) electrons. The van der Waals surface area contributed by atoms with Gasteiger partial charge in [0, 0.05) is 51.7 Å². The van der Waals surface area contributed by atoms with Crippen LogP contribution in [0.3, 0.4) is 0 Å². The third-order valence-corrected chi connectivity index (χ3v) is 13.7. The van der Waals surface area contributed by atoms with Gasteiger partial charge < -0.3 is 47.7 Å². The fraction of sp³-hybridized carbons (Fsp3) is 0.925. The first-order chi connectivity index (χ1) is 24.8. The lowest BCUT2D eigenvalue weighted by Crippen LogP contribution is -2.59. The quantitative estimate of drug-likeness (QED) is 0.243. The second-order valence-corrected chi connectivity index (χ2v) is 17.2. The van der Waals surface area contributed by atoms with E-state index in [1.54, 1.807) is 14.0 Å². The summed E-state index contributed by atoms with van der Waals surface area (Å²) in [6.45, 7) is 17.6. The Morgan fingerprint density at radius 3 is 2.23 bits per heavy atom. The molecule has 1 N–H and O–H groups in total. The summed E-state index contributed by atoms with van der Waals surface area (Å²) in [6, 6.07) is 0. The fourth-order valence-corrected chi connectivity index (χ4v) is 10.8. The van der Waals surface area contributed by atoms with Crippen LogP contribution in [0.1, 0.15) is 114 Å². The Morgan fingerprint density at radius 2 is 1.64 bits per heavy atom. The molecular formula is C40H66O13. The van der Waals surface area contributed by atoms with Crippen LogP contribution >= 0.6 is 0 Å². The maximum atomic E-state index is 12.6. The van der Waals surface area contributed by atoms with E-state index >= 15 is 0 Å². The van der Waals surface area contributed by atoms with E-state index in [0.717, 1.165) is 25.7 Å². The molecule has 0 unspecified atom stereocenters. The molecule has 0 amide bonds. The molecule has 17 atom stereocenters. The highest BCUT2D eigenvalue weighted by Gasteiger charge is 2.63. The Kier molecular flexibility index (Phi) is 12.7. The van der Waals surface area contributed by atoms with Gasteiger partial charge in [0.1, 0.15) is 6.10 Å². The van der Waals surface area contributed by atoms with Crippen LogP contribution in [-0.4, -0.2) is 110 Å². The van der Waals surface area contributed by atoms with Crippen molar-refractivity contribution in [3.63, 3.8) is 0 Å². The maximum Gasteiger partial charge on any atom is 0.364 e. The summed E-state index contributed by atoms with van der Waals surface area (Å²) in [5, 5.41) is 10.1. The number of carboxylic acid groups (broad SMARTS) is 1. The number of rotatable bonds is 12. The van der Waals surface area contributed by atoms with E-state index in [1.807, 2.05) is 20.8 Å². The average Bonchev–Trinajstić information content (AvgIpc) is 3.82. The van der Waals surface area contributed by atoms with Crippen LogP contribution in [0.25, 0.3) is 0 Å². The lowest BCUT2D eigenvalue weighted by Gasteiger charge is -2.49. The summed E-state index contributed by atoms with van der Waals surface area (Å²) in [4.78, 5) is 37.3. The Morgan fingerprint density at radius 1 is 0.943 bits per heavy atom. The SMILES string of the molecule is CC[C@@]1([C@@H]2O[C@@H]([C@H]3O[C@@](OC)(C(=O)O)[C@H](C)C[C@@H]3C)C[C@@H]2C)CC[C@H]([C@]2(C)CC[C@]3(C[C@H](OC(C)=O)[C@@H](C)[C@@H]([C@@H](C)[C@@H](OC)[C@H](C)C(=O)OC)O3)O2)O1. The van der Waals surface area contributed by atoms with E-state index in [2.05, 4.69) is 27.7 Å². The summed E-state index contributed by atoms with van der Waals surface area (Å²) in [7, 11) is 4.34. The number of carboxylic acids is 1. The highest BCUT2D eigenvalue weighted by Crippen LogP contribution is 2.55. The number of ether oxygens (including phenoxy) is 9. The minimum absolute atomic E-state index is 0.0868. The van der Waals surface area contributed by atoms with Crippen molar-refractivity contribution in [1.29, 1.82) is 0 Å². The first kappa shape index (κ1) is 42.3. The summed E-state index contributed by atoms with van der Waals surface area (Å²) in [5.74, 6) is -5.66. The lowest BCUT2D eigenvalue weighted by atomic mass is 9.78. The molecule has 5 fully saturated rings. The van der Waals surface area contributed by atoms with Crippen molar-refractivity contribution < 1.29 is 62.1 Å². The number of aliphatic carboxylic acids is 1. The Bertz CT molecular complexity index is 1330. The van der Waals surface area contributed by atoms with Crippen molar-refractivity contribution in [2.75, 3.05) is 21.3 Å². The number of methoxy groups -OCH3 is 3. The normalized spacial score (nSPS) is 46.2. The zero-order valence-electron chi connectivity index (χ0n) is 34.0. The molecule has 53 heavy (non-hydrogen) atoms. The van der Waals surface area contributed by atoms with Gasteiger partial charge in [0.15, 0.2) is 5.79 Å². The number of esters is 2. The van der Waals surface area contributed by atoms with E-state index < -0.39 is 59.1 Å². The van der Waals surface area contributed by atoms with Gasteiger partial charge in [-0.05, 0) is 64.2 Å². The van der Waals surface area contributed by atoms with Crippen LogP contribution in [0.2, 0.25) is 0 Å². The Labute approximate surface area is 315 Å². The van der Waals surface area contributed by atoms with Crippen LogP contribution in [0.5, 0.6) is 0 Å². The van der Waals surface area contributed by atoms with E-state index in [4.69, 9.17) is 42.6 Å². The largest absolute Gasteiger partial charge is 0.477 e. The molecule has 5 aliphatic rings. The molecule has 0 aromatic heterocycles. The van der Waals surface area contributed by atoms with Crippen molar-refractivity contribution in [3.05, 3.63) is 0 Å². The van der Waals surface area contributed by atoms with E-state index in [0.29, 0.717) is 25.7 Å². The van der Waals surface area contributed by atoms with Crippen molar-refractivity contribution >= 4 is 17.9 Å². The average molecular weight is 755 g/mol. The number of carbonyl (C=O) groups excluding carboxylic acids is 2. The predicted molar refractivity (Wildman–Crippen MR) is 192 cm³/mol. The molecule has 0 aromatic carbocycles. The number of hydrogen-bond acceptors (Lipinski definition) is 12. The first-order valence-electron chi connectivity index (χ1n) is 19.8. The van der Waals surface area contributed by atoms with Gasteiger partial charge >= 0.3 is 17.9 Å². The van der Waals surface area contributed by atoms with Gasteiger partial charge in [0.25, 0.3) is 5.79 Å². The second kappa shape index (κ2) is 15.9. The molecule has 1 spiro atoms. The van der Waals surface area contributed by atoms with Crippen LogP contribution in [-0.2, 0) is 57.0 Å². The molecule has 0 aliphatic carbocycles. The zero-order valence-corrected chi connectivity index (χ0v) is 34.0. The Balaban J connectivity index is 1.33. The molecule has 13 heteroatoms. The van der Waals surface area contributed by atoms with Crippen LogP contribution in [0.4, 0.5) is 0 Å². The summed E-state index contributed by atoms with van der Waals surface area (Å²) < 4.78 is 56.8. The molecule has 5 rings (SSSR count). The van der Waals surface area contributed by atoms with Crippen molar-refractivity contribution in [3.8, 4) is 0 Å². The van der Waals surface area contributed by atoms with E-state index in [1.165, 1.54) is 21.1 Å². The van der Waals surface area contributed by atoms with Gasteiger partial charge in [-0.1, -0.05) is 41.5 Å².